The number of halogens is 1. The number of nitrogens with zero attached hydrogens (tertiary/aromatic N) is 4. The maximum absolute atomic E-state index is 12.6. The number of carbonyl (C=O) groups is 2. The van der Waals surface area contributed by atoms with E-state index in [4.69, 9.17) is 0 Å². The zero-order valence-corrected chi connectivity index (χ0v) is 19.4. The van der Waals surface area contributed by atoms with Gasteiger partial charge in [-0.2, -0.15) is 0 Å². The summed E-state index contributed by atoms with van der Waals surface area (Å²) in [7, 11) is 1.78. The molecule has 0 unspecified atom stereocenters. The Morgan fingerprint density at radius 1 is 1.20 bits per heavy atom. The highest BCUT2D eigenvalue weighted by Gasteiger charge is 2.27. The largest absolute Gasteiger partial charge is 0.356 e. The Hall–Kier alpha value is -2.46. The van der Waals surface area contributed by atoms with Crippen LogP contribution in [0.1, 0.15) is 33.8 Å². The summed E-state index contributed by atoms with van der Waals surface area (Å²) in [6.07, 6.45) is 4.80. The molecule has 10 heteroatoms. The number of hydrazine groups is 1. The predicted molar refractivity (Wildman–Crippen MR) is 121 cm³/mol. The molecular weight excluding hydrogens is 468 g/mol. The van der Waals surface area contributed by atoms with Crippen LogP contribution in [0.5, 0.6) is 0 Å². The fourth-order valence-electron chi connectivity index (χ4n) is 3.79. The van der Waals surface area contributed by atoms with Crippen LogP contribution >= 0.6 is 27.3 Å². The first kappa shape index (κ1) is 20.8. The van der Waals surface area contributed by atoms with Gasteiger partial charge in [0, 0.05) is 41.6 Å². The van der Waals surface area contributed by atoms with E-state index in [-0.39, 0.29) is 17.7 Å². The molecule has 1 aliphatic heterocycles. The molecule has 0 aliphatic carbocycles. The third-order valence-corrected chi connectivity index (χ3v) is 7.16. The summed E-state index contributed by atoms with van der Waals surface area (Å²) in [5, 5.41) is 1.11. The zero-order valence-electron chi connectivity index (χ0n) is 17.0. The molecule has 2 amide bonds. The van der Waals surface area contributed by atoms with Crippen molar-refractivity contribution < 1.29 is 9.59 Å². The fraction of sp³-hybridized carbons (Fsp3) is 0.400. The van der Waals surface area contributed by atoms with Crippen LogP contribution in [-0.4, -0.2) is 39.4 Å². The highest BCUT2D eigenvalue weighted by Crippen LogP contribution is 2.35. The second kappa shape index (κ2) is 8.35. The van der Waals surface area contributed by atoms with E-state index in [9.17, 15) is 9.59 Å². The normalized spacial score (nSPS) is 14.9. The Kier molecular flexibility index (Phi) is 5.79. The van der Waals surface area contributed by atoms with E-state index in [2.05, 4.69) is 55.5 Å². The second-order valence-corrected chi connectivity index (χ2v) is 9.64. The van der Waals surface area contributed by atoms with Crippen molar-refractivity contribution in [2.75, 3.05) is 18.0 Å². The number of carbonyl (C=O) groups excluding carboxylic acids is 2. The number of anilines is 1. The fourth-order valence-corrected chi connectivity index (χ4v) is 5.31. The van der Waals surface area contributed by atoms with Crippen molar-refractivity contribution in [1.82, 2.24) is 25.4 Å². The average Bonchev–Trinajstić information content (AvgIpc) is 3.23. The van der Waals surface area contributed by atoms with Crippen molar-refractivity contribution in [1.29, 1.82) is 0 Å². The molecule has 0 radical (unpaired) electrons. The van der Waals surface area contributed by atoms with E-state index < -0.39 is 0 Å². The summed E-state index contributed by atoms with van der Waals surface area (Å²) in [6, 6.07) is 1.70. The number of hydrogen-bond donors (Lipinski definition) is 2. The number of nitrogens with one attached hydrogen (secondary N) is 2. The monoisotopic (exact) mass is 490 g/mol. The predicted octanol–water partition coefficient (Wildman–Crippen LogP) is 3.09. The van der Waals surface area contributed by atoms with Crippen LogP contribution in [0.2, 0.25) is 0 Å². The molecule has 8 nitrogen and oxygen atoms in total. The number of piperidine rings is 1. The molecule has 158 valence electrons. The minimum Gasteiger partial charge on any atom is -0.356 e. The van der Waals surface area contributed by atoms with Crippen molar-refractivity contribution in [2.24, 2.45) is 13.0 Å². The van der Waals surface area contributed by atoms with Crippen LogP contribution < -0.4 is 15.8 Å². The lowest BCUT2D eigenvalue weighted by atomic mass is 9.96. The van der Waals surface area contributed by atoms with Crippen molar-refractivity contribution in [3.63, 3.8) is 0 Å². The lowest BCUT2D eigenvalue weighted by Gasteiger charge is -2.32. The van der Waals surface area contributed by atoms with Crippen LogP contribution in [0, 0.1) is 19.8 Å². The van der Waals surface area contributed by atoms with E-state index in [0.29, 0.717) is 18.5 Å². The van der Waals surface area contributed by atoms with E-state index in [1.807, 2.05) is 0 Å². The smallest absolute Gasteiger partial charge is 0.286 e. The lowest BCUT2D eigenvalue weighted by Crippen LogP contribution is -2.47. The Balaban J connectivity index is 1.36. The molecule has 1 aliphatic rings. The summed E-state index contributed by atoms with van der Waals surface area (Å²) >= 11 is 5.02. The Morgan fingerprint density at radius 3 is 2.60 bits per heavy atom. The molecule has 1 saturated heterocycles. The van der Waals surface area contributed by atoms with Gasteiger partial charge in [0.2, 0.25) is 5.91 Å². The van der Waals surface area contributed by atoms with E-state index in [0.717, 1.165) is 33.6 Å². The summed E-state index contributed by atoms with van der Waals surface area (Å²) in [4.78, 5) is 38.3. The van der Waals surface area contributed by atoms with E-state index >= 15 is 0 Å². The summed E-state index contributed by atoms with van der Waals surface area (Å²) in [5.41, 5.74) is 6.78. The SMILES string of the molecule is Cc1sc2ncnc(N3CCC(C(=O)NNC(=O)c4cc(Br)cn4C)CC3)c2c1C. The summed E-state index contributed by atoms with van der Waals surface area (Å²) < 4.78 is 2.50. The molecule has 0 saturated carbocycles. The number of hydrogen-bond acceptors (Lipinski definition) is 6. The number of thiophene rings is 1. The summed E-state index contributed by atoms with van der Waals surface area (Å²) in [5.74, 6) is 0.292. The first-order chi connectivity index (χ1) is 14.3. The van der Waals surface area contributed by atoms with Gasteiger partial charge in [-0.3, -0.25) is 20.4 Å². The number of aromatic nitrogens is 3. The molecule has 0 spiro atoms. The van der Waals surface area contributed by atoms with Gasteiger partial charge in [-0.25, -0.2) is 9.97 Å². The molecule has 4 heterocycles. The first-order valence-electron chi connectivity index (χ1n) is 9.73. The molecule has 30 heavy (non-hydrogen) atoms. The first-order valence-corrected chi connectivity index (χ1v) is 11.3. The van der Waals surface area contributed by atoms with Gasteiger partial charge in [0.15, 0.2) is 0 Å². The third-order valence-electron chi connectivity index (χ3n) is 5.61. The van der Waals surface area contributed by atoms with Crippen molar-refractivity contribution in [2.45, 2.75) is 26.7 Å². The maximum Gasteiger partial charge on any atom is 0.286 e. The van der Waals surface area contributed by atoms with Crippen molar-refractivity contribution in [3.8, 4) is 0 Å². The standard InChI is InChI=1S/C20H23BrN6O2S/c1-11-12(2)30-20-16(11)17(22-10-23-20)27-6-4-13(5-7-27)18(28)24-25-19(29)15-8-14(21)9-26(15)3/h8-10,13H,4-7H2,1-3H3,(H,24,28)(H,25,29). The molecule has 0 aromatic carbocycles. The van der Waals surface area contributed by atoms with Gasteiger partial charge in [-0.1, -0.05) is 0 Å². The van der Waals surface area contributed by atoms with Crippen LogP contribution in [0.3, 0.4) is 0 Å². The Morgan fingerprint density at radius 2 is 1.93 bits per heavy atom. The lowest BCUT2D eigenvalue weighted by molar-refractivity contribution is -0.126. The van der Waals surface area contributed by atoms with Gasteiger partial charge < -0.3 is 9.47 Å². The minimum absolute atomic E-state index is 0.149. The highest BCUT2D eigenvalue weighted by atomic mass is 79.9. The van der Waals surface area contributed by atoms with Gasteiger partial charge in [0.05, 0.1) is 5.39 Å². The average molecular weight is 491 g/mol. The van der Waals surface area contributed by atoms with Crippen LogP contribution in [0.4, 0.5) is 5.82 Å². The van der Waals surface area contributed by atoms with Gasteiger partial charge in [0.1, 0.15) is 22.7 Å². The van der Waals surface area contributed by atoms with Crippen LogP contribution in [-0.2, 0) is 11.8 Å². The molecule has 4 rings (SSSR count). The van der Waals surface area contributed by atoms with Gasteiger partial charge in [0.25, 0.3) is 5.91 Å². The maximum atomic E-state index is 12.6. The quantitative estimate of drug-likeness (QED) is 0.550. The number of aryl methyl sites for hydroxylation is 3. The molecule has 3 aromatic heterocycles. The summed E-state index contributed by atoms with van der Waals surface area (Å²) in [6.45, 7) is 5.67. The molecule has 0 atom stereocenters. The van der Waals surface area contributed by atoms with E-state index in [1.165, 1.54) is 10.4 Å². The number of amides is 2. The molecular formula is C20H23BrN6O2S. The van der Waals surface area contributed by atoms with Gasteiger partial charge >= 0.3 is 0 Å². The molecule has 2 N–H and O–H groups in total. The van der Waals surface area contributed by atoms with Crippen molar-refractivity contribution in [3.05, 3.63) is 39.2 Å². The van der Waals surface area contributed by atoms with Gasteiger partial charge in [-0.05, 0) is 54.2 Å². The van der Waals surface area contributed by atoms with Crippen molar-refractivity contribution >= 4 is 55.1 Å². The zero-order chi connectivity index (χ0) is 21.4. The molecule has 3 aromatic rings. The Labute approximate surface area is 186 Å². The second-order valence-electron chi connectivity index (χ2n) is 7.52. The van der Waals surface area contributed by atoms with Crippen LogP contribution in [0.25, 0.3) is 10.2 Å². The number of rotatable bonds is 3. The van der Waals surface area contributed by atoms with E-state index in [1.54, 1.807) is 41.5 Å². The highest BCUT2D eigenvalue weighted by molar-refractivity contribution is 9.10. The molecule has 1 fully saturated rings. The minimum atomic E-state index is -0.347. The number of fused-ring (bicyclic) bond motifs is 1. The van der Waals surface area contributed by atoms with Gasteiger partial charge in [-0.15, -0.1) is 11.3 Å². The van der Waals surface area contributed by atoms with Crippen LogP contribution in [0.15, 0.2) is 23.1 Å². The topological polar surface area (TPSA) is 92.2 Å². The third kappa shape index (κ3) is 3.93. The Bertz CT molecular complexity index is 1120. The molecule has 0 bridgehead atoms.